The van der Waals surface area contributed by atoms with Gasteiger partial charge in [0.05, 0.1) is 4.92 Å². The van der Waals surface area contributed by atoms with E-state index in [4.69, 9.17) is 0 Å². The van der Waals surface area contributed by atoms with Crippen molar-refractivity contribution in [3.05, 3.63) is 88.1 Å². The van der Waals surface area contributed by atoms with Crippen LogP contribution in [0, 0.1) is 10.1 Å². The van der Waals surface area contributed by atoms with E-state index in [1.54, 1.807) is 0 Å². The van der Waals surface area contributed by atoms with Gasteiger partial charge in [-0.3, -0.25) is 10.1 Å². The zero-order chi connectivity index (χ0) is 13.5. The molecule has 19 heavy (non-hydrogen) atoms. The number of nitrogens with zero attached hydrogens (tertiary/aromatic N) is 1. The van der Waals surface area contributed by atoms with E-state index in [9.17, 15) is 10.1 Å². The highest BCUT2D eigenvalue weighted by Gasteiger charge is 2.05. The third-order valence-electron chi connectivity index (χ3n) is 2.65. The summed E-state index contributed by atoms with van der Waals surface area (Å²) in [5, 5.41) is 13.8. The molecular formula is C15H14N2O2. The van der Waals surface area contributed by atoms with Crippen molar-refractivity contribution >= 4 is 5.70 Å². The van der Waals surface area contributed by atoms with Gasteiger partial charge >= 0.3 is 0 Å². The van der Waals surface area contributed by atoms with Gasteiger partial charge in [0.2, 0.25) is 0 Å². The first-order valence-corrected chi connectivity index (χ1v) is 5.94. The minimum absolute atomic E-state index is 0.444. The quantitative estimate of drug-likeness (QED) is 0.659. The highest BCUT2D eigenvalue weighted by molar-refractivity contribution is 5.62. The molecule has 2 rings (SSSR count). The van der Waals surface area contributed by atoms with E-state index in [1.165, 1.54) is 0 Å². The summed E-state index contributed by atoms with van der Waals surface area (Å²) in [5.74, 6) is 0. The Morgan fingerprint density at radius 1 is 1.05 bits per heavy atom. The Labute approximate surface area is 111 Å². The molecule has 0 aliphatic carbocycles. The summed E-state index contributed by atoms with van der Waals surface area (Å²) < 4.78 is 0. The van der Waals surface area contributed by atoms with Gasteiger partial charge in [-0.05, 0) is 5.56 Å². The van der Waals surface area contributed by atoms with Gasteiger partial charge in [0.15, 0.2) is 0 Å². The van der Waals surface area contributed by atoms with E-state index >= 15 is 0 Å². The summed E-state index contributed by atoms with van der Waals surface area (Å²) in [6.07, 6.45) is 0.998. The number of hydrogen-bond acceptors (Lipinski definition) is 3. The molecule has 0 radical (unpaired) electrons. The van der Waals surface area contributed by atoms with Crippen LogP contribution in [0.4, 0.5) is 0 Å². The summed E-state index contributed by atoms with van der Waals surface area (Å²) in [6, 6.07) is 19.0. The molecule has 4 heteroatoms. The van der Waals surface area contributed by atoms with Crippen molar-refractivity contribution in [3.8, 4) is 0 Å². The average Bonchev–Trinajstić information content (AvgIpc) is 2.45. The maximum absolute atomic E-state index is 10.7. The number of benzene rings is 2. The zero-order valence-corrected chi connectivity index (χ0v) is 10.3. The van der Waals surface area contributed by atoms with Gasteiger partial charge in [0.1, 0.15) is 5.70 Å². The molecule has 0 amide bonds. The van der Waals surface area contributed by atoms with E-state index in [1.807, 2.05) is 60.7 Å². The topological polar surface area (TPSA) is 55.2 Å². The average molecular weight is 254 g/mol. The summed E-state index contributed by atoms with van der Waals surface area (Å²) in [4.78, 5) is 10.2. The van der Waals surface area contributed by atoms with Crippen molar-refractivity contribution in [3.63, 3.8) is 0 Å². The molecule has 0 aromatic heterocycles. The Kier molecular flexibility index (Phi) is 4.29. The second kappa shape index (κ2) is 6.35. The summed E-state index contributed by atoms with van der Waals surface area (Å²) in [5.41, 5.74) is 2.39. The van der Waals surface area contributed by atoms with Gasteiger partial charge in [-0.2, -0.15) is 0 Å². The fourth-order valence-electron chi connectivity index (χ4n) is 1.74. The third-order valence-corrected chi connectivity index (χ3v) is 2.65. The molecule has 0 bridgehead atoms. The summed E-state index contributed by atoms with van der Waals surface area (Å²) >= 11 is 0. The molecule has 0 aliphatic rings. The Bertz CT molecular complexity index is 565. The monoisotopic (exact) mass is 254 g/mol. The molecule has 96 valence electrons. The van der Waals surface area contributed by atoms with Crippen molar-refractivity contribution in [1.82, 2.24) is 5.32 Å². The van der Waals surface area contributed by atoms with Gasteiger partial charge in [0.25, 0.3) is 6.20 Å². The van der Waals surface area contributed by atoms with Crippen LogP contribution in [0.5, 0.6) is 0 Å². The highest BCUT2D eigenvalue weighted by atomic mass is 16.6. The van der Waals surface area contributed by atoms with E-state index in [-0.39, 0.29) is 0 Å². The molecule has 1 N–H and O–H groups in total. The van der Waals surface area contributed by atoms with E-state index < -0.39 is 4.92 Å². The third kappa shape index (κ3) is 3.96. The minimum atomic E-state index is -0.444. The molecule has 0 heterocycles. The van der Waals surface area contributed by atoms with Crippen LogP contribution < -0.4 is 5.32 Å². The zero-order valence-electron chi connectivity index (χ0n) is 10.3. The van der Waals surface area contributed by atoms with Crippen molar-refractivity contribution in [1.29, 1.82) is 0 Å². The smallest absolute Gasteiger partial charge is 0.258 e. The molecule has 0 saturated heterocycles. The molecule has 0 spiro atoms. The van der Waals surface area contributed by atoms with Crippen molar-refractivity contribution < 1.29 is 4.92 Å². The van der Waals surface area contributed by atoms with Crippen molar-refractivity contribution in [2.45, 2.75) is 6.54 Å². The summed E-state index contributed by atoms with van der Waals surface area (Å²) in [6.45, 7) is 0.551. The van der Waals surface area contributed by atoms with Crippen LogP contribution >= 0.6 is 0 Å². The molecule has 4 nitrogen and oxygen atoms in total. The lowest BCUT2D eigenvalue weighted by Gasteiger charge is -2.09. The van der Waals surface area contributed by atoms with Gasteiger partial charge in [-0.1, -0.05) is 60.7 Å². The second-order valence-corrected chi connectivity index (χ2v) is 4.03. The van der Waals surface area contributed by atoms with Crippen LogP contribution in [0.25, 0.3) is 5.70 Å². The van der Waals surface area contributed by atoms with Gasteiger partial charge in [-0.15, -0.1) is 0 Å². The van der Waals surface area contributed by atoms with Gasteiger partial charge in [0, 0.05) is 12.1 Å². The Morgan fingerprint density at radius 3 is 2.21 bits per heavy atom. The molecule has 2 aromatic rings. The fraction of sp³-hybridized carbons (Fsp3) is 0.0667. The normalized spacial score (nSPS) is 11.1. The van der Waals surface area contributed by atoms with Crippen LogP contribution in [-0.2, 0) is 6.54 Å². The predicted octanol–water partition coefficient (Wildman–Crippen LogP) is 3.05. The maximum Gasteiger partial charge on any atom is 0.258 e. The van der Waals surface area contributed by atoms with Crippen LogP contribution in [0.1, 0.15) is 11.1 Å². The minimum Gasteiger partial charge on any atom is -0.375 e. The largest absolute Gasteiger partial charge is 0.375 e. The number of hydrogen-bond donors (Lipinski definition) is 1. The molecule has 0 atom stereocenters. The lowest BCUT2D eigenvalue weighted by Crippen LogP contribution is -2.13. The molecule has 0 unspecified atom stereocenters. The highest BCUT2D eigenvalue weighted by Crippen LogP contribution is 2.12. The Morgan fingerprint density at radius 2 is 1.63 bits per heavy atom. The maximum atomic E-state index is 10.7. The van der Waals surface area contributed by atoms with Crippen LogP contribution in [0.15, 0.2) is 66.9 Å². The van der Waals surface area contributed by atoms with Gasteiger partial charge < -0.3 is 5.32 Å². The standard InChI is InChI=1S/C15H14N2O2/c18-17(19)12-15(14-9-5-2-6-10-14)16-11-13-7-3-1-4-8-13/h1-10,12,16H,11H2/b15-12-. The van der Waals surface area contributed by atoms with E-state index in [0.717, 1.165) is 17.3 Å². The fourth-order valence-corrected chi connectivity index (χ4v) is 1.74. The van der Waals surface area contributed by atoms with Crippen LogP contribution in [0.2, 0.25) is 0 Å². The van der Waals surface area contributed by atoms with Crippen LogP contribution in [-0.4, -0.2) is 4.92 Å². The number of nitro groups is 1. The van der Waals surface area contributed by atoms with Crippen molar-refractivity contribution in [2.24, 2.45) is 0 Å². The lowest BCUT2D eigenvalue weighted by atomic mass is 10.1. The molecular weight excluding hydrogens is 240 g/mol. The number of rotatable bonds is 5. The Balaban J connectivity index is 2.14. The van der Waals surface area contributed by atoms with E-state index in [2.05, 4.69) is 5.32 Å². The van der Waals surface area contributed by atoms with E-state index in [0.29, 0.717) is 12.2 Å². The SMILES string of the molecule is O=[N+]([O-])/C=C(\NCc1ccccc1)c1ccccc1. The first-order valence-electron chi connectivity index (χ1n) is 5.94. The Hall–Kier alpha value is -2.62. The van der Waals surface area contributed by atoms with Gasteiger partial charge in [-0.25, -0.2) is 0 Å². The first-order chi connectivity index (χ1) is 9.25. The predicted molar refractivity (Wildman–Crippen MR) is 74.7 cm³/mol. The molecule has 0 aliphatic heterocycles. The molecule has 2 aromatic carbocycles. The lowest BCUT2D eigenvalue weighted by molar-refractivity contribution is -0.401. The second-order valence-electron chi connectivity index (χ2n) is 4.03. The van der Waals surface area contributed by atoms with Crippen LogP contribution in [0.3, 0.4) is 0 Å². The van der Waals surface area contributed by atoms with Crippen molar-refractivity contribution in [2.75, 3.05) is 0 Å². The number of nitrogens with one attached hydrogen (secondary N) is 1. The first kappa shape index (κ1) is 12.8. The molecule has 0 fully saturated rings. The summed E-state index contributed by atoms with van der Waals surface area (Å²) in [7, 11) is 0. The molecule has 0 saturated carbocycles.